The van der Waals surface area contributed by atoms with E-state index < -0.39 is 0 Å². The Morgan fingerprint density at radius 3 is 2.52 bits per heavy atom. The topological polar surface area (TPSA) is 35.6 Å². The molecule has 110 valence electrons. The lowest BCUT2D eigenvalue weighted by atomic mass is 10.1. The first-order valence-corrected chi connectivity index (χ1v) is 7.47. The molecule has 3 aromatic rings. The highest BCUT2D eigenvalue weighted by molar-refractivity contribution is 6.20. The van der Waals surface area contributed by atoms with Crippen LogP contribution in [0.4, 0.5) is 0 Å². The Kier molecular flexibility index (Phi) is 3.29. The van der Waals surface area contributed by atoms with Crippen molar-refractivity contribution in [1.82, 2.24) is 19.3 Å². The summed E-state index contributed by atoms with van der Waals surface area (Å²) in [5.74, 6) is 0.856. The second-order valence-corrected chi connectivity index (χ2v) is 6.25. The zero-order valence-corrected chi connectivity index (χ0v) is 13.7. The van der Waals surface area contributed by atoms with Crippen molar-refractivity contribution in [3.05, 3.63) is 40.8 Å². The quantitative estimate of drug-likeness (QED) is 0.671. The zero-order valence-electron chi connectivity index (χ0n) is 13.0. The van der Waals surface area contributed by atoms with Crippen LogP contribution in [0.15, 0.2) is 18.2 Å². The molecule has 0 radical (unpaired) electrons. The van der Waals surface area contributed by atoms with Gasteiger partial charge in [0.15, 0.2) is 5.65 Å². The third-order valence-electron chi connectivity index (χ3n) is 3.78. The third-order valence-corrected chi connectivity index (χ3v) is 3.97. The van der Waals surface area contributed by atoms with Gasteiger partial charge in [0.25, 0.3) is 0 Å². The van der Waals surface area contributed by atoms with Crippen LogP contribution in [0.1, 0.15) is 34.9 Å². The molecule has 1 unspecified atom stereocenters. The molecule has 0 aliphatic rings. The summed E-state index contributed by atoms with van der Waals surface area (Å²) >= 11 is 6.36. The second-order valence-electron chi connectivity index (χ2n) is 5.59. The summed E-state index contributed by atoms with van der Waals surface area (Å²) in [6.45, 7) is 8.13. The summed E-state index contributed by atoms with van der Waals surface area (Å²) in [6.07, 6.45) is 0. The van der Waals surface area contributed by atoms with Gasteiger partial charge in [0.1, 0.15) is 11.3 Å². The van der Waals surface area contributed by atoms with E-state index in [1.54, 1.807) is 0 Å². The van der Waals surface area contributed by atoms with Crippen LogP contribution in [0.25, 0.3) is 16.9 Å². The zero-order chi connectivity index (χ0) is 15.3. The van der Waals surface area contributed by atoms with Gasteiger partial charge in [-0.3, -0.25) is 4.57 Å². The Hall–Kier alpha value is -1.81. The molecule has 0 aliphatic carbocycles. The fourth-order valence-electron chi connectivity index (χ4n) is 2.85. The maximum Gasteiger partial charge on any atom is 0.163 e. The van der Waals surface area contributed by atoms with Gasteiger partial charge in [0.05, 0.1) is 16.8 Å². The molecule has 0 bridgehead atoms. The van der Waals surface area contributed by atoms with Crippen molar-refractivity contribution in [3.63, 3.8) is 0 Å². The smallest absolute Gasteiger partial charge is 0.163 e. The Balaban J connectivity index is 2.41. The first-order valence-electron chi connectivity index (χ1n) is 7.03. The van der Waals surface area contributed by atoms with Crippen LogP contribution in [0.2, 0.25) is 0 Å². The standard InChI is InChI=1S/C16H19ClN4/c1-9-6-7-13(10(2)8-9)21-15(11(3)17)18-14-12(4)19-20(5)16(14)21/h6-8,11H,1-5H3. The average molecular weight is 303 g/mol. The lowest BCUT2D eigenvalue weighted by molar-refractivity contribution is 0.747. The van der Waals surface area contributed by atoms with Crippen molar-refractivity contribution in [2.75, 3.05) is 0 Å². The van der Waals surface area contributed by atoms with Crippen LogP contribution >= 0.6 is 11.6 Å². The Labute approximate surface area is 129 Å². The normalized spacial score (nSPS) is 13.0. The molecule has 3 rings (SSSR count). The van der Waals surface area contributed by atoms with Gasteiger partial charge >= 0.3 is 0 Å². The number of aryl methyl sites for hydroxylation is 4. The highest BCUT2D eigenvalue weighted by Gasteiger charge is 2.22. The minimum Gasteiger partial charge on any atom is -0.279 e. The number of nitrogens with zero attached hydrogens (tertiary/aromatic N) is 4. The lowest BCUT2D eigenvalue weighted by Gasteiger charge is -2.14. The molecule has 0 spiro atoms. The van der Waals surface area contributed by atoms with E-state index in [0.717, 1.165) is 28.4 Å². The maximum atomic E-state index is 6.36. The van der Waals surface area contributed by atoms with Crippen molar-refractivity contribution < 1.29 is 0 Å². The van der Waals surface area contributed by atoms with E-state index in [-0.39, 0.29) is 5.38 Å². The molecule has 0 saturated carbocycles. The number of hydrogen-bond acceptors (Lipinski definition) is 2. The van der Waals surface area contributed by atoms with E-state index in [0.29, 0.717) is 0 Å². The first-order chi connectivity index (χ1) is 9.90. The van der Waals surface area contributed by atoms with Crippen LogP contribution < -0.4 is 0 Å². The molecule has 5 heteroatoms. The Morgan fingerprint density at radius 2 is 1.90 bits per heavy atom. The minimum absolute atomic E-state index is 0.169. The molecule has 0 saturated heterocycles. The predicted molar refractivity (Wildman–Crippen MR) is 86.3 cm³/mol. The number of alkyl halides is 1. The Bertz CT molecular complexity index is 827. The van der Waals surface area contributed by atoms with Crippen LogP contribution in [-0.2, 0) is 7.05 Å². The predicted octanol–water partition coefficient (Wildman–Crippen LogP) is 3.98. The fraction of sp³-hybridized carbons (Fsp3) is 0.375. The molecule has 0 aliphatic heterocycles. The average Bonchev–Trinajstić information content (AvgIpc) is 2.90. The first kappa shape index (κ1) is 14.1. The van der Waals surface area contributed by atoms with Gasteiger partial charge in [0.2, 0.25) is 0 Å². The fourth-order valence-corrected chi connectivity index (χ4v) is 3.00. The van der Waals surface area contributed by atoms with Crippen molar-refractivity contribution in [2.45, 2.75) is 33.1 Å². The number of fused-ring (bicyclic) bond motifs is 1. The van der Waals surface area contributed by atoms with Crippen molar-refractivity contribution >= 4 is 22.8 Å². The highest BCUT2D eigenvalue weighted by atomic mass is 35.5. The van der Waals surface area contributed by atoms with E-state index in [4.69, 9.17) is 16.6 Å². The van der Waals surface area contributed by atoms with Crippen LogP contribution in [0, 0.1) is 20.8 Å². The summed E-state index contributed by atoms with van der Waals surface area (Å²) in [7, 11) is 1.94. The molecular weight excluding hydrogens is 284 g/mol. The SMILES string of the molecule is Cc1ccc(-n2c(C(C)Cl)nc3c(C)nn(C)c32)c(C)c1. The summed E-state index contributed by atoms with van der Waals surface area (Å²) in [5, 5.41) is 4.31. The van der Waals surface area contributed by atoms with E-state index >= 15 is 0 Å². The van der Waals surface area contributed by atoms with Gasteiger partial charge in [-0.05, 0) is 39.3 Å². The second kappa shape index (κ2) is 4.88. The largest absolute Gasteiger partial charge is 0.279 e. The minimum atomic E-state index is -0.169. The molecule has 21 heavy (non-hydrogen) atoms. The van der Waals surface area contributed by atoms with Gasteiger partial charge in [-0.1, -0.05) is 17.7 Å². The van der Waals surface area contributed by atoms with Gasteiger partial charge in [-0.25, -0.2) is 9.67 Å². The number of hydrogen-bond donors (Lipinski definition) is 0. The number of halogens is 1. The van der Waals surface area contributed by atoms with Crippen LogP contribution in [-0.4, -0.2) is 19.3 Å². The van der Waals surface area contributed by atoms with E-state index in [2.05, 4.69) is 41.7 Å². The number of benzene rings is 1. The Morgan fingerprint density at radius 1 is 1.19 bits per heavy atom. The van der Waals surface area contributed by atoms with Gasteiger partial charge in [-0.2, -0.15) is 5.10 Å². The van der Waals surface area contributed by atoms with Crippen molar-refractivity contribution in [2.24, 2.45) is 7.05 Å². The van der Waals surface area contributed by atoms with E-state index in [1.807, 2.05) is 25.6 Å². The maximum absolute atomic E-state index is 6.36. The van der Waals surface area contributed by atoms with Crippen LogP contribution in [0.5, 0.6) is 0 Å². The molecule has 0 fully saturated rings. The monoisotopic (exact) mass is 302 g/mol. The summed E-state index contributed by atoms with van der Waals surface area (Å²) in [6, 6.07) is 6.41. The molecule has 1 aromatic carbocycles. The molecule has 0 amide bonds. The van der Waals surface area contributed by atoms with E-state index in [9.17, 15) is 0 Å². The number of rotatable bonds is 2. The summed E-state index contributed by atoms with van der Waals surface area (Å²) < 4.78 is 4.00. The van der Waals surface area contributed by atoms with Crippen molar-refractivity contribution in [1.29, 1.82) is 0 Å². The van der Waals surface area contributed by atoms with E-state index in [1.165, 1.54) is 11.1 Å². The molecule has 0 N–H and O–H groups in total. The molecule has 2 heterocycles. The van der Waals surface area contributed by atoms with Crippen molar-refractivity contribution in [3.8, 4) is 5.69 Å². The third kappa shape index (κ3) is 2.14. The highest BCUT2D eigenvalue weighted by Crippen LogP contribution is 2.30. The summed E-state index contributed by atoms with van der Waals surface area (Å²) in [4.78, 5) is 4.72. The van der Waals surface area contributed by atoms with Gasteiger partial charge < -0.3 is 0 Å². The summed E-state index contributed by atoms with van der Waals surface area (Å²) in [5.41, 5.74) is 6.38. The van der Waals surface area contributed by atoms with Gasteiger partial charge in [0, 0.05) is 7.05 Å². The lowest BCUT2D eigenvalue weighted by Crippen LogP contribution is -2.07. The van der Waals surface area contributed by atoms with Gasteiger partial charge in [-0.15, -0.1) is 11.6 Å². The number of aromatic nitrogens is 4. The molecule has 4 nitrogen and oxygen atoms in total. The molecular formula is C16H19ClN4. The molecule has 2 aromatic heterocycles. The van der Waals surface area contributed by atoms with Crippen LogP contribution in [0.3, 0.4) is 0 Å². The molecule has 1 atom stereocenters. The number of imidazole rings is 1.